The van der Waals surface area contributed by atoms with E-state index in [1.807, 2.05) is 27.7 Å². The molecule has 0 atom stereocenters. The Morgan fingerprint density at radius 3 is 1.33 bits per heavy atom. The molecule has 21 heavy (non-hydrogen) atoms. The van der Waals surface area contributed by atoms with E-state index in [0.717, 1.165) is 0 Å². The van der Waals surface area contributed by atoms with Crippen molar-refractivity contribution in [2.75, 3.05) is 13.2 Å². The van der Waals surface area contributed by atoms with E-state index in [9.17, 15) is 4.79 Å². The summed E-state index contributed by atoms with van der Waals surface area (Å²) in [6.45, 7) is 25.8. The molecular formula is C18H34O3. The van der Waals surface area contributed by atoms with Gasteiger partial charge in [-0.15, -0.1) is 26.3 Å². The van der Waals surface area contributed by atoms with Gasteiger partial charge in [-0.1, -0.05) is 30.9 Å². The van der Waals surface area contributed by atoms with Crippen molar-refractivity contribution in [2.24, 2.45) is 0 Å². The van der Waals surface area contributed by atoms with Gasteiger partial charge in [0.05, 0.1) is 6.61 Å². The van der Waals surface area contributed by atoms with Gasteiger partial charge in [0.25, 0.3) is 0 Å². The number of carbonyl (C=O) groups excluding carboxylic acids is 1. The molecule has 0 aliphatic rings. The minimum Gasteiger partial charge on any atom is -0.460 e. The normalized spacial score (nSPS) is 6.19. The van der Waals surface area contributed by atoms with Gasteiger partial charge in [0, 0.05) is 5.57 Å². The zero-order chi connectivity index (χ0) is 18.1. The molecule has 0 heterocycles. The zero-order valence-electron chi connectivity index (χ0n) is 14.5. The smallest absolute Gasteiger partial charge is 0.333 e. The first-order valence-electron chi connectivity index (χ1n) is 6.56. The van der Waals surface area contributed by atoms with Crippen LogP contribution in [0.3, 0.4) is 0 Å². The van der Waals surface area contributed by atoms with Crippen LogP contribution < -0.4 is 0 Å². The number of allylic oxidation sites excluding steroid dienone is 4. The van der Waals surface area contributed by atoms with E-state index in [2.05, 4.69) is 37.6 Å². The topological polar surface area (TPSA) is 46.5 Å². The maximum Gasteiger partial charge on any atom is 0.333 e. The second-order valence-corrected chi connectivity index (χ2v) is 3.27. The van der Waals surface area contributed by atoms with Crippen LogP contribution >= 0.6 is 0 Å². The van der Waals surface area contributed by atoms with Gasteiger partial charge >= 0.3 is 5.97 Å². The van der Waals surface area contributed by atoms with Crippen molar-refractivity contribution in [3.8, 4) is 0 Å². The zero-order valence-corrected chi connectivity index (χ0v) is 14.5. The van der Waals surface area contributed by atoms with Gasteiger partial charge in [0.2, 0.25) is 0 Å². The van der Waals surface area contributed by atoms with Crippen LogP contribution in [0.1, 0.15) is 34.6 Å². The molecule has 0 saturated heterocycles. The van der Waals surface area contributed by atoms with Crippen LogP contribution in [0.2, 0.25) is 0 Å². The van der Waals surface area contributed by atoms with Crippen molar-refractivity contribution in [1.82, 2.24) is 0 Å². The molecular weight excluding hydrogens is 264 g/mol. The first-order chi connectivity index (χ1) is 9.84. The summed E-state index contributed by atoms with van der Waals surface area (Å²) in [6.07, 6.45) is 7.00. The van der Waals surface area contributed by atoms with Crippen LogP contribution in [0.4, 0.5) is 0 Å². The van der Waals surface area contributed by atoms with E-state index < -0.39 is 5.97 Å². The minimum absolute atomic E-state index is 0.0473. The predicted octanol–water partition coefficient (Wildman–Crippen LogP) is 4.87. The van der Waals surface area contributed by atoms with Gasteiger partial charge in [-0.3, -0.25) is 0 Å². The molecule has 0 spiro atoms. The highest BCUT2D eigenvalue weighted by molar-refractivity contribution is 5.86. The third-order valence-electron chi connectivity index (χ3n) is 0.673. The molecule has 0 unspecified atom stereocenters. The van der Waals surface area contributed by atoms with Gasteiger partial charge in [0.1, 0.15) is 6.61 Å². The maximum atomic E-state index is 10.5. The molecule has 0 amide bonds. The van der Waals surface area contributed by atoms with E-state index in [1.165, 1.54) is 0 Å². The molecule has 0 radical (unpaired) electrons. The molecule has 3 heteroatoms. The van der Waals surface area contributed by atoms with Crippen molar-refractivity contribution >= 4 is 5.97 Å². The highest BCUT2D eigenvalue weighted by Crippen LogP contribution is 1.89. The summed E-state index contributed by atoms with van der Waals surface area (Å²) in [5.41, 5.74) is 0.350. The molecule has 0 aliphatic heterocycles. The van der Waals surface area contributed by atoms with Crippen molar-refractivity contribution in [1.29, 1.82) is 0 Å². The first-order valence-corrected chi connectivity index (χ1v) is 6.56. The highest BCUT2D eigenvalue weighted by atomic mass is 16.5. The van der Waals surface area contributed by atoms with Gasteiger partial charge < -0.3 is 9.84 Å². The van der Waals surface area contributed by atoms with Crippen molar-refractivity contribution in [2.45, 2.75) is 34.6 Å². The van der Waals surface area contributed by atoms with Crippen LogP contribution in [-0.2, 0) is 9.53 Å². The van der Waals surface area contributed by atoms with Gasteiger partial charge in [-0.05, 0) is 34.6 Å². The second kappa shape index (κ2) is 42.9. The number of esters is 1. The molecule has 124 valence electrons. The number of carbonyl (C=O) groups is 1. The minimum atomic E-state index is -0.455. The highest BCUT2D eigenvalue weighted by Gasteiger charge is 1.99. The Labute approximate surface area is 132 Å². The maximum absolute atomic E-state index is 10.5. The number of hydrogen-bond acceptors (Lipinski definition) is 3. The van der Waals surface area contributed by atoms with E-state index in [-0.39, 0.29) is 13.2 Å². The molecule has 0 rings (SSSR count). The largest absolute Gasteiger partial charge is 0.460 e. The summed E-state index contributed by atoms with van der Waals surface area (Å²) in [7, 11) is 0. The monoisotopic (exact) mass is 298 g/mol. The Balaban J connectivity index is -0.0000000593. The van der Waals surface area contributed by atoms with Crippen LogP contribution in [0.25, 0.3) is 0 Å². The lowest BCUT2D eigenvalue weighted by atomic mass is 10.4. The second-order valence-electron chi connectivity index (χ2n) is 3.27. The summed E-state index contributed by atoms with van der Waals surface area (Å²) in [4.78, 5) is 10.5. The van der Waals surface area contributed by atoms with Crippen molar-refractivity contribution in [3.05, 3.63) is 62.8 Å². The standard InChI is InChI=1S/C6H10O3.4C3H6/c1-5(2)6(8)9-4-3-7;4*1-3-2/h7H,1,3-4H2,2H3;4*3H,1H2,2H3. The quantitative estimate of drug-likeness (QED) is 0.459. The van der Waals surface area contributed by atoms with Crippen molar-refractivity contribution in [3.63, 3.8) is 0 Å². The van der Waals surface area contributed by atoms with E-state index >= 15 is 0 Å². The fraction of sp³-hybridized carbons (Fsp3) is 0.389. The number of rotatable bonds is 3. The Kier molecular flexibility index (Phi) is 64.4. The molecule has 3 nitrogen and oxygen atoms in total. The van der Waals surface area contributed by atoms with Crippen LogP contribution in [0.5, 0.6) is 0 Å². The van der Waals surface area contributed by atoms with Gasteiger partial charge in [0.15, 0.2) is 0 Å². The number of hydrogen-bond donors (Lipinski definition) is 1. The third-order valence-corrected chi connectivity index (χ3v) is 0.673. The fourth-order valence-electron chi connectivity index (χ4n) is 0.262. The first kappa shape index (κ1) is 31.5. The summed E-state index contributed by atoms with van der Waals surface area (Å²) in [5.74, 6) is -0.455. The average Bonchev–Trinajstić information content (AvgIpc) is 2.39. The molecule has 0 saturated carbocycles. The average molecular weight is 298 g/mol. The van der Waals surface area contributed by atoms with Crippen molar-refractivity contribution < 1.29 is 14.6 Å². The predicted molar refractivity (Wildman–Crippen MR) is 96.3 cm³/mol. The SMILES string of the molecule is C=C(C)C(=O)OCCO.C=CC.C=CC.C=CC.C=CC. The fourth-order valence-corrected chi connectivity index (χ4v) is 0.262. The van der Waals surface area contributed by atoms with Crippen LogP contribution in [-0.4, -0.2) is 24.3 Å². The van der Waals surface area contributed by atoms with E-state index in [1.54, 1.807) is 31.2 Å². The Bertz CT molecular complexity index is 229. The summed E-state index contributed by atoms with van der Waals surface area (Å²) in [6, 6.07) is 0. The molecule has 0 bridgehead atoms. The van der Waals surface area contributed by atoms with Crippen LogP contribution in [0, 0.1) is 0 Å². The molecule has 0 fully saturated rings. The summed E-state index contributed by atoms with van der Waals surface area (Å²) >= 11 is 0. The van der Waals surface area contributed by atoms with Gasteiger partial charge in [-0.25, -0.2) is 4.79 Å². The number of aliphatic hydroxyl groups excluding tert-OH is 1. The number of aliphatic hydroxyl groups is 1. The molecule has 1 N–H and O–H groups in total. The third kappa shape index (κ3) is 126. The van der Waals surface area contributed by atoms with Crippen LogP contribution in [0.15, 0.2) is 62.8 Å². The molecule has 0 aromatic rings. The Hall–Kier alpha value is -1.87. The molecule has 0 aromatic heterocycles. The lowest BCUT2D eigenvalue weighted by Gasteiger charge is -1.99. The van der Waals surface area contributed by atoms with Gasteiger partial charge in [-0.2, -0.15) is 0 Å². The molecule has 0 aromatic carbocycles. The lowest BCUT2D eigenvalue weighted by molar-refractivity contribution is -0.139. The summed E-state index contributed by atoms with van der Waals surface area (Å²) in [5, 5.41) is 8.19. The lowest BCUT2D eigenvalue weighted by Crippen LogP contribution is -2.08. The Morgan fingerprint density at radius 1 is 0.952 bits per heavy atom. The molecule has 0 aliphatic carbocycles. The Morgan fingerprint density at radius 2 is 1.19 bits per heavy atom. The summed E-state index contributed by atoms with van der Waals surface area (Å²) < 4.78 is 4.46. The van der Waals surface area contributed by atoms with E-state index in [0.29, 0.717) is 5.57 Å². The number of ether oxygens (including phenoxy) is 1. The van der Waals surface area contributed by atoms with E-state index in [4.69, 9.17) is 5.11 Å².